The lowest BCUT2D eigenvalue weighted by Crippen LogP contribution is -2.33. The van der Waals surface area contributed by atoms with Crippen LogP contribution in [0.15, 0.2) is 34.9 Å². The van der Waals surface area contributed by atoms with Crippen molar-refractivity contribution in [2.45, 2.75) is 50.1 Å². The minimum Gasteiger partial charge on any atom is -0.477 e. The van der Waals surface area contributed by atoms with Gasteiger partial charge in [0.2, 0.25) is 5.91 Å². The summed E-state index contributed by atoms with van der Waals surface area (Å²) in [7, 11) is 1.93. The maximum absolute atomic E-state index is 12.3. The number of hydrogen-bond acceptors (Lipinski definition) is 6. The zero-order valence-electron chi connectivity index (χ0n) is 16.9. The molecule has 3 atom stereocenters. The molecule has 2 aliphatic rings. The van der Waals surface area contributed by atoms with E-state index in [4.69, 9.17) is 0 Å². The summed E-state index contributed by atoms with van der Waals surface area (Å²) in [4.78, 5) is 26.2. The molecule has 0 saturated carbocycles. The van der Waals surface area contributed by atoms with Crippen LogP contribution in [-0.2, 0) is 16.1 Å². The molecule has 0 radical (unpaired) electrons. The lowest BCUT2D eigenvalue weighted by molar-refractivity contribution is -0.139. The third-order valence-electron chi connectivity index (χ3n) is 5.23. The number of carboxylic acid groups (broad SMARTS) is 1. The zero-order valence-corrected chi connectivity index (χ0v) is 17.7. The molecule has 0 spiro atoms. The van der Waals surface area contributed by atoms with Gasteiger partial charge < -0.3 is 25.7 Å². The lowest BCUT2D eigenvalue weighted by atomic mass is 10.0. The van der Waals surface area contributed by atoms with E-state index < -0.39 is 12.1 Å². The van der Waals surface area contributed by atoms with Gasteiger partial charge in [-0.25, -0.2) is 4.79 Å². The van der Waals surface area contributed by atoms with Gasteiger partial charge in [-0.05, 0) is 37.9 Å². The molecular weight excluding hydrogens is 390 g/mol. The molecule has 1 saturated heterocycles. The largest absolute Gasteiger partial charge is 0.477 e. The van der Waals surface area contributed by atoms with E-state index in [1.807, 2.05) is 7.05 Å². The second-order valence-electron chi connectivity index (χ2n) is 7.63. The van der Waals surface area contributed by atoms with Gasteiger partial charge in [-0.2, -0.15) is 0 Å². The van der Waals surface area contributed by atoms with Crippen LogP contribution in [0.2, 0.25) is 0 Å². The van der Waals surface area contributed by atoms with Crippen LogP contribution in [0.3, 0.4) is 0 Å². The van der Waals surface area contributed by atoms with Crippen molar-refractivity contribution < 1.29 is 19.8 Å². The van der Waals surface area contributed by atoms with Crippen LogP contribution in [0, 0.1) is 0 Å². The van der Waals surface area contributed by atoms with Gasteiger partial charge in [0, 0.05) is 35.8 Å². The Bertz CT molecular complexity index is 779. The number of hydrogen-bond donors (Lipinski definition) is 4. The van der Waals surface area contributed by atoms with Gasteiger partial charge in [-0.15, -0.1) is 11.8 Å². The Balaban J connectivity index is 1.65. The van der Waals surface area contributed by atoms with E-state index in [1.165, 1.54) is 23.0 Å². The Kier molecular flexibility index (Phi) is 7.34. The summed E-state index contributed by atoms with van der Waals surface area (Å²) in [5, 5.41) is 26.1. The molecule has 1 fully saturated rings. The predicted molar refractivity (Wildman–Crippen MR) is 113 cm³/mol. The van der Waals surface area contributed by atoms with Crippen LogP contribution in [0.1, 0.15) is 43.4 Å². The number of amides is 1. The van der Waals surface area contributed by atoms with Crippen LogP contribution in [0.25, 0.3) is 0 Å². The van der Waals surface area contributed by atoms with E-state index in [0.717, 1.165) is 24.4 Å². The number of rotatable bonds is 8. The molecule has 0 aromatic heterocycles. The second-order valence-corrected chi connectivity index (χ2v) is 9.03. The van der Waals surface area contributed by atoms with Gasteiger partial charge >= 0.3 is 5.97 Å². The van der Waals surface area contributed by atoms with Gasteiger partial charge in [-0.3, -0.25) is 4.79 Å². The molecule has 1 unspecified atom stereocenters. The first-order chi connectivity index (χ1) is 13.9. The maximum Gasteiger partial charge on any atom is 0.353 e. The van der Waals surface area contributed by atoms with Crippen molar-refractivity contribution in [1.29, 1.82) is 0 Å². The Morgan fingerprint density at radius 3 is 2.69 bits per heavy atom. The van der Waals surface area contributed by atoms with Crippen molar-refractivity contribution in [2.24, 2.45) is 0 Å². The topological polar surface area (TPSA) is 102 Å². The molecule has 0 aliphatic carbocycles. The molecule has 2 heterocycles. The van der Waals surface area contributed by atoms with Gasteiger partial charge in [0.05, 0.1) is 12.5 Å². The molecular formula is C21H29N3O4S. The van der Waals surface area contributed by atoms with E-state index in [-0.39, 0.29) is 29.3 Å². The molecule has 3 rings (SSSR count). The Hall–Kier alpha value is -1.87. The number of nitrogens with zero attached hydrogens (tertiary/aromatic N) is 1. The number of aliphatic hydroxyl groups excluding tert-OH is 1. The molecule has 2 aliphatic heterocycles. The molecule has 1 amide bonds. The smallest absolute Gasteiger partial charge is 0.353 e. The zero-order chi connectivity index (χ0) is 21.0. The molecule has 0 bridgehead atoms. The SMILES string of the molecule is CNCc1ccc([C@@H]2C[C@H](SC3=C(C(=O)O)N(C(=O)CC(C)O)CC3)CN2)cc1. The fourth-order valence-corrected chi connectivity index (χ4v) is 5.26. The molecule has 7 nitrogen and oxygen atoms in total. The van der Waals surface area contributed by atoms with Crippen molar-refractivity contribution in [3.8, 4) is 0 Å². The minimum absolute atomic E-state index is 0.0642. The highest BCUT2D eigenvalue weighted by Crippen LogP contribution is 2.40. The van der Waals surface area contributed by atoms with Crippen molar-refractivity contribution in [3.63, 3.8) is 0 Å². The number of thioether (sulfide) groups is 1. The number of benzene rings is 1. The first kappa shape index (κ1) is 21.8. The summed E-state index contributed by atoms with van der Waals surface area (Å²) in [5.41, 5.74) is 2.56. The lowest BCUT2D eigenvalue weighted by Gasteiger charge is -2.18. The summed E-state index contributed by atoms with van der Waals surface area (Å²) < 4.78 is 0. The van der Waals surface area contributed by atoms with Gasteiger partial charge in [0.1, 0.15) is 5.70 Å². The van der Waals surface area contributed by atoms with E-state index in [2.05, 4.69) is 34.9 Å². The molecule has 29 heavy (non-hydrogen) atoms. The highest BCUT2D eigenvalue weighted by atomic mass is 32.2. The van der Waals surface area contributed by atoms with Crippen molar-refractivity contribution in [2.75, 3.05) is 20.1 Å². The number of carbonyl (C=O) groups is 2. The maximum atomic E-state index is 12.3. The van der Waals surface area contributed by atoms with Crippen LogP contribution in [0.4, 0.5) is 0 Å². The summed E-state index contributed by atoms with van der Waals surface area (Å²) in [6.45, 7) is 3.54. The average molecular weight is 420 g/mol. The van der Waals surface area contributed by atoms with Crippen LogP contribution in [0.5, 0.6) is 0 Å². The van der Waals surface area contributed by atoms with Crippen molar-refractivity contribution >= 4 is 23.6 Å². The number of carboxylic acids is 1. The van der Waals surface area contributed by atoms with Gasteiger partial charge in [0.15, 0.2) is 0 Å². The van der Waals surface area contributed by atoms with Crippen molar-refractivity contribution in [3.05, 3.63) is 46.0 Å². The second kappa shape index (κ2) is 9.75. The van der Waals surface area contributed by atoms with Crippen LogP contribution < -0.4 is 10.6 Å². The fourth-order valence-electron chi connectivity index (χ4n) is 3.88. The standard InChI is InChI=1S/C21H29N3O4S/c1-13(25)9-19(26)24-8-7-18(20(24)21(27)28)29-16-10-17(23-12-16)15-5-3-14(4-6-15)11-22-2/h3-6,13,16-17,22-23,25H,7-12H2,1-2H3,(H,27,28)/t13?,16-,17-/m0/s1. The Morgan fingerprint density at radius 1 is 1.34 bits per heavy atom. The van der Waals surface area contributed by atoms with E-state index >= 15 is 0 Å². The van der Waals surface area contributed by atoms with Gasteiger partial charge in [0.25, 0.3) is 0 Å². The Morgan fingerprint density at radius 2 is 2.07 bits per heavy atom. The first-order valence-corrected chi connectivity index (χ1v) is 10.8. The van der Waals surface area contributed by atoms with Crippen LogP contribution >= 0.6 is 11.8 Å². The summed E-state index contributed by atoms with van der Waals surface area (Å²) in [6, 6.07) is 8.79. The highest BCUT2D eigenvalue weighted by Gasteiger charge is 2.35. The summed E-state index contributed by atoms with van der Waals surface area (Å²) >= 11 is 1.57. The van der Waals surface area contributed by atoms with Crippen LogP contribution in [-0.4, -0.2) is 58.5 Å². The van der Waals surface area contributed by atoms with E-state index in [0.29, 0.717) is 13.0 Å². The van der Waals surface area contributed by atoms with Gasteiger partial charge in [-0.1, -0.05) is 24.3 Å². The number of aliphatic carboxylic acids is 1. The molecule has 8 heteroatoms. The first-order valence-electron chi connectivity index (χ1n) is 9.97. The minimum atomic E-state index is -1.08. The van der Waals surface area contributed by atoms with E-state index in [1.54, 1.807) is 11.8 Å². The fraction of sp³-hybridized carbons (Fsp3) is 0.524. The predicted octanol–water partition coefficient (Wildman–Crippen LogP) is 1.84. The number of aliphatic hydroxyl groups is 1. The average Bonchev–Trinajstić information content (AvgIpc) is 3.30. The summed E-state index contributed by atoms with van der Waals surface area (Å²) in [6.07, 6.45) is 0.616. The normalized spacial score (nSPS) is 22.9. The van der Waals surface area contributed by atoms with E-state index in [9.17, 15) is 19.8 Å². The quantitative estimate of drug-likeness (QED) is 0.510. The molecule has 1 aromatic rings. The third kappa shape index (κ3) is 5.39. The number of nitrogens with one attached hydrogen (secondary N) is 2. The highest BCUT2D eigenvalue weighted by molar-refractivity contribution is 8.03. The van der Waals surface area contributed by atoms with Crippen molar-refractivity contribution in [1.82, 2.24) is 15.5 Å². The molecule has 4 N–H and O–H groups in total. The summed E-state index contributed by atoms with van der Waals surface area (Å²) in [5.74, 6) is -1.41. The monoisotopic (exact) mass is 419 g/mol. The molecule has 1 aromatic carbocycles. The Labute approximate surface area is 175 Å². The third-order valence-corrected chi connectivity index (χ3v) is 6.61. The molecule has 158 valence electrons. The number of carbonyl (C=O) groups excluding carboxylic acids is 1.